The minimum Gasteiger partial charge on any atom is -0.477 e. The lowest BCUT2D eigenvalue weighted by atomic mass is 10.5. The second-order valence-corrected chi connectivity index (χ2v) is 2.73. The molecule has 0 fully saturated rings. The highest BCUT2D eigenvalue weighted by molar-refractivity contribution is 5.85. The molecule has 0 aliphatic rings. The first-order valence-electron chi connectivity index (χ1n) is 3.93. The van der Waals surface area contributed by atoms with E-state index in [0.29, 0.717) is 0 Å². The number of carbonyl (C=O) groups is 2. The van der Waals surface area contributed by atoms with E-state index in [9.17, 15) is 22.8 Å². The molecule has 1 heterocycles. The topological polar surface area (TPSA) is 95.1 Å². The molecule has 0 bridgehead atoms. The van der Waals surface area contributed by atoms with Crippen molar-refractivity contribution in [3.8, 4) is 0 Å². The molecule has 0 saturated heterocycles. The highest BCUT2D eigenvalue weighted by atomic mass is 19.4. The average molecular weight is 237 g/mol. The van der Waals surface area contributed by atoms with E-state index in [0.717, 1.165) is 6.20 Å². The Morgan fingerprint density at radius 3 is 2.56 bits per heavy atom. The van der Waals surface area contributed by atoms with Crippen molar-refractivity contribution in [1.82, 2.24) is 15.3 Å². The number of hydrogen-bond acceptors (Lipinski definition) is 3. The third kappa shape index (κ3) is 2.97. The summed E-state index contributed by atoms with van der Waals surface area (Å²) in [4.78, 5) is 26.5. The number of carboxylic acid groups (broad SMARTS) is 1. The number of halogens is 3. The Hall–Kier alpha value is -2.06. The van der Waals surface area contributed by atoms with Gasteiger partial charge in [0.25, 0.3) is 0 Å². The van der Waals surface area contributed by atoms with Crippen LogP contribution in [-0.2, 0) is 11.3 Å². The number of aromatic amines is 1. The summed E-state index contributed by atoms with van der Waals surface area (Å²) in [6.07, 6.45) is -4.03. The van der Waals surface area contributed by atoms with Gasteiger partial charge in [0, 0.05) is 0 Å². The van der Waals surface area contributed by atoms with Crippen LogP contribution in [0.25, 0.3) is 0 Å². The van der Waals surface area contributed by atoms with Crippen LogP contribution in [0, 0.1) is 0 Å². The van der Waals surface area contributed by atoms with Gasteiger partial charge in [-0.15, -0.1) is 0 Å². The third-order valence-electron chi connectivity index (χ3n) is 1.53. The fourth-order valence-electron chi connectivity index (χ4n) is 0.825. The maximum absolute atomic E-state index is 11.7. The van der Waals surface area contributed by atoms with Gasteiger partial charge < -0.3 is 15.4 Å². The van der Waals surface area contributed by atoms with E-state index in [1.165, 1.54) is 0 Å². The van der Waals surface area contributed by atoms with Crippen LogP contribution in [0.5, 0.6) is 0 Å². The number of nitrogens with zero attached hydrogens (tertiary/aromatic N) is 1. The molecule has 3 N–H and O–H groups in total. The average Bonchev–Trinajstić information content (AvgIpc) is 2.60. The Morgan fingerprint density at radius 1 is 1.50 bits per heavy atom. The second-order valence-electron chi connectivity index (χ2n) is 2.73. The molecule has 9 heteroatoms. The molecule has 88 valence electrons. The molecule has 0 saturated carbocycles. The van der Waals surface area contributed by atoms with Gasteiger partial charge in [0.2, 0.25) is 0 Å². The minimum atomic E-state index is -4.97. The first-order chi connectivity index (χ1) is 7.30. The van der Waals surface area contributed by atoms with Crippen molar-refractivity contribution in [2.45, 2.75) is 12.7 Å². The molecule has 0 atom stereocenters. The van der Waals surface area contributed by atoms with Gasteiger partial charge in [-0.05, 0) is 0 Å². The van der Waals surface area contributed by atoms with Gasteiger partial charge in [-0.2, -0.15) is 13.2 Å². The van der Waals surface area contributed by atoms with Crippen LogP contribution < -0.4 is 5.32 Å². The molecule has 1 aromatic heterocycles. The molecule has 0 aliphatic carbocycles. The maximum atomic E-state index is 11.7. The second kappa shape index (κ2) is 4.21. The van der Waals surface area contributed by atoms with E-state index < -0.39 is 24.6 Å². The first kappa shape index (κ1) is 12.0. The zero-order valence-electron chi connectivity index (χ0n) is 7.63. The lowest BCUT2D eigenvalue weighted by Crippen LogP contribution is -2.36. The normalized spacial score (nSPS) is 11.2. The van der Waals surface area contributed by atoms with E-state index in [2.05, 4.69) is 9.97 Å². The van der Waals surface area contributed by atoms with E-state index in [4.69, 9.17) is 5.11 Å². The standard InChI is InChI=1S/C7H6F3N3O3/c8-7(9,10)6(16)12-2-4-11-1-3(13-4)5(14)15/h1H,2H2,(H,11,13)(H,12,16)(H,14,15). The Balaban J connectivity index is 2.55. The number of amides is 1. The molecule has 0 aliphatic heterocycles. The predicted octanol–water partition coefficient (Wildman–Crippen LogP) is 0.286. The van der Waals surface area contributed by atoms with Crippen LogP contribution >= 0.6 is 0 Å². The summed E-state index contributed by atoms with van der Waals surface area (Å²) >= 11 is 0. The van der Waals surface area contributed by atoms with E-state index in [-0.39, 0.29) is 11.5 Å². The molecule has 0 unspecified atom stereocenters. The number of hydrogen-bond donors (Lipinski definition) is 3. The quantitative estimate of drug-likeness (QED) is 0.703. The molecule has 0 spiro atoms. The lowest BCUT2D eigenvalue weighted by molar-refractivity contribution is -0.173. The Kier molecular flexibility index (Phi) is 3.16. The monoisotopic (exact) mass is 237 g/mol. The number of carbonyl (C=O) groups excluding carboxylic acids is 1. The van der Waals surface area contributed by atoms with Crippen molar-refractivity contribution in [3.05, 3.63) is 17.7 Å². The summed E-state index contributed by atoms with van der Waals surface area (Å²) < 4.78 is 35.2. The van der Waals surface area contributed by atoms with Crippen molar-refractivity contribution >= 4 is 11.9 Å². The molecular formula is C7H6F3N3O3. The van der Waals surface area contributed by atoms with Crippen molar-refractivity contribution in [1.29, 1.82) is 0 Å². The summed E-state index contributed by atoms with van der Waals surface area (Å²) in [7, 11) is 0. The molecule has 0 radical (unpaired) electrons. The number of aromatic carboxylic acids is 1. The van der Waals surface area contributed by atoms with Gasteiger partial charge in [0.05, 0.1) is 12.7 Å². The van der Waals surface area contributed by atoms with Crippen molar-refractivity contribution < 1.29 is 27.9 Å². The number of carboxylic acids is 1. The summed E-state index contributed by atoms with van der Waals surface area (Å²) in [5.74, 6) is -3.48. The van der Waals surface area contributed by atoms with E-state index in [1.54, 1.807) is 5.32 Å². The predicted molar refractivity (Wildman–Crippen MR) is 43.4 cm³/mol. The summed E-state index contributed by atoms with van der Waals surface area (Å²) in [6.45, 7) is -0.522. The van der Waals surface area contributed by atoms with Gasteiger partial charge in [-0.3, -0.25) is 4.79 Å². The van der Waals surface area contributed by atoms with Crippen molar-refractivity contribution in [2.75, 3.05) is 0 Å². The minimum absolute atomic E-state index is 0.0741. The molecule has 1 amide bonds. The largest absolute Gasteiger partial charge is 0.477 e. The van der Waals surface area contributed by atoms with E-state index in [1.807, 2.05) is 0 Å². The smallest absolute Gasteiger partial charge is 0.471 e. The summed E-state index contributed by atoms with van der Waals surface area (Å²) in [5, 5.41) is 10.0. The number of imidazole rings is 1. The Bertz CT molecular complexity index is 412. The number of rotatable bonds is 3. The molecule has 0 aromatic carbocycles. The fourth-order valence-corrected chi connectivity index (χ4v) is 0.825. The Morgan fingerprint density at radius 2 is 2.12 bits per heavy atom. The van der Waals surface area contributed by atoms with Crippen molar-refractivity contribution in [2.24, 2.45) is 0 Å². The zero-order valence-corrected chi connectivity index (χ0v) is 7.63. The van der Waals surface area contributed by atoms with Crippen LogP contribution in [0.2, 0.25) is 0 Å². The molecule has 1 rings (SSSR count). The molecular weight excluding hydrogens is 231 g/mol. The number of H-pyrrole nitrogens is 1. The SMILES string of the molecule is O=C(O)c1cnc(CNC(=O)C(F)(F)F)[nH]1. The highest BCUT2D eigenvalue weighted by Crippen LogP contribution is 2.14. The number of aromatic nitrogens is 2. The van der Waals surface area contributed by atoms with Gasteiger partial charge in [-0.1, -0.05) is 0 Å². The summed E-state index contributed by atoms with van der Waals surface area (Å²) in [5.41, 5.74) is -0.267. The van der Waals surface area contributed by atoms with Crippen LogP contribution in [0.3, 0.4) is 0 Å². The van der Waals surface area contributed by atoms with Gasteiger partial charge in [0.15, 0.2) is 0 Å². The van der Waals surface area contributed by atoms with Gasteiger partial charge in [-0.25, -0.2) is 9.78 Å². The van der Waals surface area contributed by atoms with Gasteiger partial charge in [0.1, 0.15) is 11.5 Å². The molecule has 6 nitrogen and oxygen atoms in total. The summed E-state index contributed by atoms with van der Waals surface area (Å²) in [6, 6.07) is 0. The van der Waals surface area contributed by atoms with Crippen LogP contribution in [0.1, 0.15) is 16.3 Å². The first-order valence-corrected chi connectivity index (χ1v) is 3.93. The highest BCUT2D eigenvalue weighted by Gasteiger charge is 2.38. The Labute approximate surface area is 86.5 Å². The third-order valence-corrected chi connectivity index (χ3v) is 1.53. The number of alkyl halides is 3. The van der Waals surface area contributed by atoms with Crippen LogP contribution in [-0.4, -0.2) is 33.1 Å². The lowest BCUT2D eigenvalue weighted by Gasteiger charge is -2.05. The maximum Gasteiger partial charge on any atom is 0.471 e. The number of nitrogens with one attached hydrogen (secondary N) is 2. The fraction of sp³-hybridized carbons (Fsp3) is 0.286. The van der Waals surface area contributed by atoms with Crippen LogP contribution in [0.15, 0.2) is 6.20 Å². The zero-order chi connectivity index (χ0) is 12.3. The van der Waals surface area contributed by atoms with Crippen LogP contribution in [0.4, 0.5) is 13.2 Å². The van der Waals surface area contributed by atoms with E-state index >= 15 is 0 Å². The molecule has 16 heavy (non-hydrogen) atoms. The van der Waals surface area contributed by atoms with Gasteiger partial charge >= 0.3 is 18.1 Å². The molecule has 1 aromatic rings. The van der Waals surface area contributed by atoms with Crippen molar-refractivity contribution in [3.63, 3.8) is 0 Å².